The molecule has 0 spiro atoms. The Kier molecular flexibility index (Phi) is 7.12. The first-order valence-corrected chi connectivity index (χ1v) is 8.16. The van der Waals surface area contributed by atoms with Crippen LogP contribution in [0.2, 0.25) is 0 Å². The lowest BCUT2D eigenvalue weighted by Gasteiger charge is -2.07. The Hall–Kier alpha value is -3.41. The van der Waals surface area contributed by atoms with E-state index in [1.807, 2.05) is 30.3 Å². The second kappa shape index (κ2) is 9.78. The number of carbonyl (C=O) groups is 3. The Balaban J connectivity index is 1.93. The van der Waals surface area contributed by atoms with Gasteiger partial charge in [0.05, 0.1) is 6.61 Å². The molecule has 6 nitrogen and oxygen atoms in total. The molecule has 0 aromatic heterocycles. The summed E-state index contributed by atoms with van der Waals surface area (Å²) in [5, 5.41) is 5.42. The molecule has 2 rings (SSSR count). The molecule has 0 atom stereocenters. The van der Waals surface area contributed by atoms with E-state index in [4.69, 9.17) is 4.74 Å². The third-order valence-corrected chi connectivity index (χ3v) is 3.35. The molecule has 0 saturated heterocycles. The zero-order chi connectivity index (χ0) is 18.8. The average Bonchev–Trinajstić information content (AvgIpc) is 2.66. The van der Waals surface area contributed by atoms with Crippen LogP contribution >= 0.6 is 0 Å². The fraction of sp³-hybridized carbons (Fsp3) is 0.150. The van der Waals surface area contributed by atoms with E-state index >= 15 is 0 Å². The van der Waals surface area contributed by atoms with Crippen molar-refractivity contribution in [3.8, 4) is 0 Å². The number of benzene rings is 2. The van der Waals surface area contributed by atoms with E-state index < -0.39 is 11.9 Å². The van der Waals surface area contributed by atoms with Gasteiger partial charge in [-0.3, -0.25) is 9.59 Å². The van der Waals surface area contributed by atoms with Gasteiger partial charge in [0.15, 0.2) is 0 Å². The normalized spacial score (nSPS) is 10.3. The zero-order valence-electron chi connectivity index (χ0n) is 14.4. The van der Waals surface area contributed by atoms with Gasteiger partial charge in [-0.15, -0.1) is 0 Å². The van der Waals surface area contributed by atoms with Crippen LogP contribution in [0, 0.1) is 0 Å². The molecule has 0 fully saturated rings. The van der Waals surface area contributed by atoms with E-state index in [0.29, 0.717) is 17.8 Å². The minimum atomic E-state index is -0.586. The molecule has 0 saturated carbocycles. The highest BCUT2D eigenvalue weighted by atomic mass is 16.5. The number of ether oxygens (including phenoxy) is 1. The van der Waals surface area contributed by atoms with Crippen molar-refractivity contribution < 1.29 is 19.1 Å². The van der Waals surface area contributed by atoms with Crippen LogP contribution in [0.3, 0.4) is 0 Å². The van der Waals surface area contributed by atoms with Gasteiger partial charge in [0.1, 0.15) is 0 Å². The molecule has 0 aliphatic heterocycles. The lowest BCUT2D eigenvalue weighted by Crippen LogP contribution is -2.23. The molecule has 134 valence electrons. The quantitative estimate of drug-likeness (QED) is 0.593. The first kappa shape index (κ1) is 18.9. The highest BCUT2D eigenvalue weighted by molar-refractivity contribution is 6.03. The minimum absolute atomic E-state index is 0.241. The van der Waals surface area contributed by atoms with Gasteiger partial charge in [-0.1, -0.05) is 36.4 Å². The SMILES string of the molecule is CCOC(=O)/C=C/C(=O)Nc1cccc(C(=O)NCc2ccccc2)c1. The smallest absolute Gasteiger partial charge is 0.330 e. The summed E-state index contributed by atoms with van der Waals surface area (Å²) in [6, 6.07) is 16.1. The number of hydrogen-bond acceptors (Lipinski definition) is 4. The number of nitrogens with one attached hydrogen (secondary N) is 2. The molecular formula is C20H20N2O4. The van der Waals surface area contributed by atoms with Crippen molar-refractivity contribution in [2.24, 2.45) is 0 Å². The van der Waals surface area contributed by atoms with Crippen LogP contribution in [0.25, 0.3) is 0 Å². The van der Waals surface area contributed by atoms with Crippen molar-refractivity contribution in [3.63, 3.8) is 0 Å². The van der Waals surface area contributed by atoms with Gasteiger partial charge in [-0.2, -0.15) is 0 Å². The van der Waals surface area contributed by atoms with Crippen LogP contribution in [0.5, 0.6) is 0 Å². The predicted octanol–water partition coefficient (Wildman–Crippen LogP) is 2.67. The largest absolute Gasteiger partial charge is 0.463 e. The van der Waals surface area contributed by atoms with Gasteiger partial charge < -0.3 is 15.4 Å². The fourth-order valence-electron chi connectivity index (χ4n) is 2.14. The second-order valence-corrected chi connectivity index (χ2v) is 5.32. The van der Waals surface area contributed by atoms with E-state index in [9.17, 15) is 14.4 Å². The summed E-state index contributed by atoms with van der Waals surface area (Å²) in [7, 11) is 0. The Morgan fingerprint density at radius 1 is 1.00 bits per heavy atom. The topological polar surface area (TPSA) is 84.5 Å². The monoisotopic (exact) mass is 352 g/mol. The van der Waals surface area contributed by atoms with Crippen LogP contribution < -0.4 is 10.6 Å². The molecule has 6 heteroatoms. The van der Waals surface area contributed by atoms with E-state index in [1.165, 1.54) is 0 Å². The van der Waals surface area contributed by atoms with Gasteiger partial charge in [-0.25, -0.2) is 4.79 Å². The van der Waals surface area contributed by atoms with Crippen LogP contribution in [-0.4, -0.2) is 24.4 Å². The Labute approximate surface area is 151 Å². The first-order chi connectivity index (χ1) is 12.6. The summed E-state index contributed by atoms with van der Waals surface area (Å²) in [6.45, 7) is 2.34. The van der Waals surface area contributed by atoms with Crippen molar-refractivity contribution in [2.75, 3.05) is 11.9 Å². The maximum absolute atomic E-state index is 12.2. The molecule has 0 radical (unpaired) electrons. The van der Waals surface area contributed by atoms with Gasteiger partial charge in [0, 0.05) is 29.9 Å². The third-order valence-electron chi connectivity index (χ3n) is 3.35. The number of rotatable bonds is 7. The van der Waals surface area contributed by atoms with Gasteiger partial charge in [-0.05, 0) is 30.7 Å². The third kappa shape index (κ3) is 6.24. The molecule has 0 heterocycles. The zero-order valence-corrected chi connectivity index (χ0v) is 14.4. The molecular weight excluding hydrogens is 332 g/mol. The summed E-state index contributed by atoms with van der Waals surface area (Å²) in [5.74, 6) is -1.32. The molecule has 2 aromatic rings. The number of anilines is 1. The summed E-state index contributed by atoms with van der Waals surface area (Å²) in [4.78, 5) is 35.2. The lowest BCUT2D eigenvalue weighted by molar-refractivity contribution is -0.137. The summed E-state index contributed by atoms with van der Waals surface area (Å²) >= 11 is 0. The molecule has 0 aliphatic carbocycles. The molecule has 2 amide bonds. The van der Waals surface area contributed by atoms with Gasteiger partial charge >= 0.3 is 5.97 Å². The maximum atomic E-state index is 12.2. The van der Waals surface area contributed by atoms with E-state index in [2.05, 4.69) is 10.6 Å². The number of esters is 1. The molecule has 0 bridgehead atoms. The van der Waals surface area contributed by atoms with E-state index in [1.54, 1.807) is 31.2 Å². The standard InChI is InChI=1S/C20H20N2O4/c1-2-26-19(24)12-11-18(23)22-17-10-6-9-16(13-17)20(25)21-14-15-7-4-3-5-8-15/h3-13H,2,14H2,1H3,(H,21,25)(H,22,23)/b12-11+. The molecule has 0 unspecified atom stereocenters. The first-order valence-electron chi connectivity index (χ1n) is 8.16. The molecule has 0 aliphatic rings. The average molecular weight is 352 g/mol. The van der Waals surface area contributed by atoms with E-state index in [0.717, 1.165) is 17.7 Å². The summed E-state index contributed by atoms with van der Waals surface area (Å²) < 4.78 is 4.70. The number of hydrogen-bond donors (Lipinski definition) is 2. The Morgan fingerprint density at radius 2 is 1.77 bits per heavy atom. The summed E-state index contributed by atoms with van der Waals surface area (Å²) in [5.41, 5.74) is 1.87. The second-order valence-electron chi connectivity index (χ2n) is 5.32. The molecule has 2 aromatic carbocycles. The fourth-order valence-corrected chi connectivity index (χ4v) is 2.14. The highest BCUT2D eigenvalue weighted by Crippen LogP contribution is 2.11. The van der Waals surface area contributed by atoms with Crippen LogP contribution in [-0.2, 0) is 20.9 Å². The van der Waals surface area contributed by atoms with Crippen molar-refractivity contribution in [1.82, 2.24) is 5.32 Å². The number of amides is 2. The van der Waals surface area contributed by atoms with Crippen molar-refractivity contribution in [3.05, 3.63) is 77.9 Å². The van der Waals surface area contributed by atoms with Crippen LogP contribution in [0.4, 0.5) is 5.69 Å². The number of carbonyl (C=O) groups excluding carboxylic acids is 3. The lowest BCUT2D eigenvalue weighted by atomic mass is 10.1. The van der Waals surface area contributed by atoms with E-state index in [-0.39, 0.29) is 12.5 Å². The molecule has 2 N–H and O–H groups in total. The maximum Gasteiger partial charge on any atom is 0.330 e. The minimum Gasteiger partial charge on any atom is -0.463 e. The van der Waals surface area contributed by atoms with Gasteiger partial charge in [0.2, 0.25) is 5.91 Å². The van der Waals surface area contributed by atoms with Crippen LogP contribution in [0.1, 0.15) is 22.8 Å². The van der Waals surface area contributed by atoms with Gasteiger partial charge in [0.25, 0.3) is 5.91 Å². The van der Waals surface area contributed by atoms with Crippen molar-refractivity contribution in [2.45, 2.75) is 13.5 Å². The molecule has 26 heavy (non-hydrogen) atoms. The van der Waals surface area contributed by atoms with Crippen molar-refractivity contribution >= 4 is 23.5 Å². The highest BCUT2D eigenvalue weighted by Gasteiger charge is 2.07. The van der Waals surface area contributed by atoms with Crippen molar-refractivity contribution in [1.29, 1.82) is 0 Å². The summed E-state index contributed by atoms with van der Waals surface area (Å²) in [6.07, 6.45) is 2.13. The predicted molar refractivity (Wildman–Crippen MR) is 98.5 cm³/mol. The Morgan fingerprint density at radius 3 is 2.50 bits per heavy atom. The Bertz CT molecular complexity index is 800. The van der Waals surface area contributed by atoms with Crippen LogP contribution in [0.15, 0.2) is 66.7 Å².